The lowest BCUT2D eigenvalue weighted by Gasteiger charge is -2.27. The van der Waals surface area contributed by atoms with Gasteiger partial charge in [0.05, 0.1) is 23.8 Å². The third kappa shape index (κ3) is 5.84. The number of fused-ring (bicyclic) bond motifs is 2. The summed E-state index contributed by atoms with van der Waals surface area (Å²) in [6.45, 7) is 3.58. The van der Waals surface area contributed by atoms with Crippen LogP contribution in [0.4, 0.5) is 4.39 Å². The smallest absolute Gasteiger partial charge is 0.254 e. The zero-order valence-corrected chi connectivity index (χ0v) is 22.0. The lowest BCUT2D eigenvalue weighted by atomic mass is 10.1. The van der Waals surface area contributed by atoms with Gasteiger partial charge in [0.2, 0.25) is 12.7 Å². The molecule has 5 rings (SSSR count). The van der Waals surface area contributed by atoms with Crippen LogP contribution in [0.3, 0.4) is 0 Å². The van der Waals surface area contributed by atoms with Crippen molar-refractivity contribution in [3.05, 3.63) is 117 Å². The average molecular weight is 563 g/mol. The van der Waals surface area contributed by atoms with Crippen LogP contribution in [-0.4, -0.2) is 41.5 Å². The molecule has 2 heterocycles. The van der Waals surface area contributed by atoms with Crippen LogP contribution in [0, 0.1) is 5.82 Å². The first kappa shape index (κ1) is 27.0. The summed E-state index contributed by atoms with van der Waals surface area (Å²) >= 11 is 6.10. The van der Waals surface area contributed by atoms with Gasteiger partial charge in [-0.05, 0) is 60.2 Å². The van der Waals surface area contributed by atoms with E-state index in [1.807, 2.05) is 0 Å². The number of hydrogen-bond acceptors (Lipinski definition) is 6. The fourth-order valence-corrected chi connectivity index (χ4v) is 4.54. The summed E-state index contributed by atoms with van der Waals surface area (Å²) in [4.78, 5) is 42.9. The summed E-state index contributed by atoms with van der Waals surface area (Å²) in [5.41, 5.74) is 1.24. The van der Waals surface area contributed by atoms with Crippen LogP contribution < -0.4 is 14.9 Å². The van der Waals surface area contributed by atoms with Crippen molar-refractivity contribution in [1.82, 2.24) is 9.80 Å². The first-order valence-corrected chi connectivity index (χ1v) is 12.7. The first-order valence-electron chi connectivity index (χ1n) is 12.3. The van der Waals surface area contributed by atoms with E-state index >= 15 is 0 Å². The molecule has 0 saturated carbocycles. The lowest BCUT2D eigenvalue weighted by molar-refractivity contribution is -0.133. The van der Waals surface area contributed by atoms with Crippen LogP contribution in [-0.2, 0) is 17.9 Å². The molecule has 0 radical (unpaired) electrons. The Kier molecular flexibility index (Phi) is 7.84. The van der Waals surface area contributed by atoms with Gasteiger partial charge in [-0.15, -0.1) is 6.58 Å². The Bertz CT molecular complexity index is 1650. The van der Waals surface area contributed by atoms with Crippen LogP contribution >= 0.6 is 11.6 Å². The Balaban J connectivity index is 1.45. The van der Waals surface area contributed by atoms with E-state index in [1.54, 1.807) is 30.3 Å². The average Bonchev–Trinajstić information content (AvgIpc) is 3.42. The molecule has 1 aliphatic heterocycles. The number of benzene rings is 3. The zero-order chi connectivity index (χ0) is 28.2. The van der Waals surface area contributed by atoms with Crippen molar-refractivity contribution in [1.29, 1.82) is 0 Å². The van der Waals surface area contributed by atoms with E-state index in [4.69, 9.17) is 25.5 Å². The minimum atomic E-state index is -0.478. The molecule has 0 aliphatic carbocycles. The number of halogens is 2. The number of rotatable bonds is 9. The Morgan fingerprint density at radius 1 is 0.975 bits per heavy atom. The summed E-state index contributed by atoms with van der Waals surface area (Å²) < 4.78 is 29.9. The van der Waals surface area contributed by atoms with Gasteiger partial charge in [-0.1, -0.05) is 23.7 Å². The fourth-order valence-electron chi connectivity index (χ4n) is 4.36. The SMILES string of the molecule is C=CCN(CC(=O)N(Cc1ccc2c(c1)OCO2)Cc1coc2ccc(Cl)cc2c1=O)C(=O)c1ccc(F)cc1. The number of nitrogens with zero attached hydrogens (tertiary/aromatic N) is 2. The number of ether oxygens (including phenoxy) is 2. The van der Waals surface area contributed by atoms with Gasteiger partial charge in [0.15, 0.2) is 16.9 Å². The van der Waals surface area contributed by atoms with E-state index in [0.29, 0.717) is 27.5 Å². The molecule has 8 nitrogen and oxygen atoms in total. The second kappa shape index (κ2) is 11.6. The van der Waals surface area contributed by atoms with E-state index in [-0.39, 0.29) is 49.5 Å². The second-order valence-electron chi connectivity index (χ2n) is 9.15. The molecule has 40 heavy (non-hydrogen) atoms. The second-order valence-corrected chi connectivity index (χ2v) is 9.59. The summed E-state index contributed by atoms with van der Waals surface area (Å²) in [6.07, 6.45) is 2.82. The molecule has 3 aromatic carbocycles. The van der Waals surface area contributed by atoms with Gasteiger partial charge >= 0.3 is 0 Å². The third-order valence-corrected chi connectivity index (χ3v) is 6.62. The van der Waals surface area contributed by atoms with Gasteiger partial charge in [0.25, 0.3) is 5.91 Å². The number of carbonyl (C=O) groups excluding carboxylic acids is 2. The molecule has 10 heteroatoms. The highest BCUT2D eigenvalue weighted by Crippen LogP contribution is 2.33. The maximum Gasteiger partial charge on any atom is 0.254 e. The van der Waals surface area contributed by atoms with Crippen molar-refractivity contribution >= 4 is 34.4 Å². The Labute approximate surface area is 233 Å². The highest BCUT2D eigenvalue weighted by atomic mass is 35.5. The minimum absolute atomic E-state index is 0.0798. The van der Waals surface area contributed by atoms with Gasteiger partial charge in [0, 0.05) is 23.7 Å². The first-order chi connectivity index (χ1) is 19.3. The molecule has 0 saturated heterocycles. The quantitative estimate of drug-likeness (QED) is 0.261. The molecule has 0 spiro atoms. The predicted octanol–water partition coefficient (Wildman–Crippen LogP) is 5.17. The fraction of sp³-hybridized carbons (Fsp3) is 0.167. The molecule has 1 aromatic heterocycles. The highest BCUT2D eigenvalue weighted by molar-refractivity contribution is 6.31. The van der Waals surface area contributed by atoms with Crippen molar-refractivity contribution in [2.75, 3.05) is 19.9 Å². The maximum atomic E-state index is 13.7. The number of carbonyl (C=O) groups is 2. The molecule has 1 aliphatic rings. The van der Waals surface area contributed by atoms with Crippen molar-refractivity contribution in [3.8, 4) is 11.5 Å². The summed E-state index contributed by atoms with van der Waals surface area (Å²) in [5.74, 6) is -0.231. The predicted molar refractivity (Wildman–Crippen MR) is 147 cm³/mol. The van der Waals surface area contributed by atoms with Crippen LogP contribution in [0.25, 0.3) is 11.0 Å². The molecule has 0 N–H and O–H groups in total. The van der Waals surface area contributed by atoms with Gasteiger partial charge in [-0.3, -0.25) is 14.4 Å². The van der Waals surface area contributed by atoms with Crippen molar-refractivity contribution in [3.63, 3.8) is 0 Å². The van der Waals surface area contributed by atoms with Gasteiger partial charge in [0.1, 0.15) is 17.9 Å². The monoisotopic (exact) mass is 562 g/mol. The maximum absolute atomic E-state index is 13.7. The molecule has 0 atom stereocenters. The van der Waals surface area contributed by atoms with E-state index in [0.717, 1.165) is 5.56 Å². The van der Waals surface area contributed by atoms with E-state index in [9.17, 15) is 18.8 Å². The van der Waals surface area contributed by atoms with Crippen LogP contribution in [0.15, 0.2) is 88.8 Å². The summed E-state index contributed by atoms with van der Waals surface area (Å²) in [7, 11) is 0. The highest BCUT2D eigenvalue weighted by Gasteiger charge is 2.24. The molecular formula is C30H24ClFN2O6. The molecule has 0 unspecified atom stereocenters. The van der Waals surface area contributed by atoms with Crippen molar-refractivity contribution in [2.24, 2.45) is 0 Å². The van der Waals surface area contributed by atoms with E-state index < -0.39 is 17.6 Å². The van der Waals surface area contributed by atoms with Gasteiger partial charge in [-0.25, -0.2) is 4.39 Å². The number of amides is 2. The molecular weight excluding hydrogens is 539 g/mol. The summed E-state index contributed by atoms with van der Waals surface area (Å²) in [6, 6.07) is 15.1. The molecule has 4 aromatic rings. The Hall–Kier alpha value is -4.63. The topological polar surface area (TPSA) is 89.3 Å². The van der Waals surface area contributed by atoms with E-state index in [1.165, 1.54) is 52.5 Å². The molecule has 204 valence electrons. The normalized spacial score (nSPS) is 11.8. The molecule has 2 amide bonds. The summed E-state index contributed by atoms with van der Waals surface area (Å²) in [5, 5.41) is 0.671. The van der Waals surface area contributed by atoms with Crippen molar-refractivity contribution < 1.29 is 27.9 Å². The van der Waals surface area contributed by atoms with E-state index in [2.05, 4.69) is 6.58 Å². The zero-order valence-electron chi connectivity index (χ0n) is 21.3. The van der Waals surface area contributed by atoms with Crippen molar-refractivity contribution in [2.45, 2.75) is 13.1 Å². The van der Waals surface area contributed by atoms with Crippen LogP contribution in [0.5, 0.6) is 11.5 Å². The minimum Gasteiger partial charge on any atom is -0.464 e. The largest absolute Gasteiger partial charge is 0.464 e. The third-order valence-electron chi connectivity index (χ3n) is 6.38. The van der Waals surface area contributed by atoms with Crippen LogP contribution in [0.2, 0.25) is 5.02 Å². The van der Waals surface area contributed by atoms with Gasteiger partial charge in [-0.2, -0.15) is 0 Å². The van der Waals surface area contributed by atoms with Gasteiger partial charge < -0.3 is 23.7 Å². The standard InChI is InChI=1S/C30H24ClFN2O6/c1-2-11-33(30(37)20-4-7-23(32)8-5-20)16-28(35)34(14-19-3-9-26-27(12-19)40-18-39-26)15-21-17-38-25-10-6-22(31)13-24(25)29(21)36/h2-10,12-13,17H,1,11,14-16,18H2. The lowest BCUT2D eigenvalue weighted by Crippen LogP contribution is -2.43. The Morgan fingerprint density at radius 2 is 1.75 bits per heavy atom. The molecule has 0 fully saturated rings. The molecule has 0 bridgehead atoms. The number of hydrogen-bond donors (Lipinski definition) is 0. The van der Waals surface area contributed by atoms with Crippen LogP contribution in [0.1, 0.15) is 21.5 Å². The Morgan fingerprint density at radius 3 is 2.52 bits per heavy atom.